The number of hydrogen-bond donors (Lipinski definition) is 2. The standard InChI is InChI=1S/C20H27F2N3O2.C19H27F2N3/c1-19(2,3)17-24-15-11-14(23-18(26)27-4)5-6-16(15)25(17)12-13-7-9-20(21,22)10-8-13;1-18(2,3)17-23-15-11-14(22-4)5-6-16(15)24(17)12-13-7-9-19(20,21)10-8-13/h5-6,11,13H,7-10,12H2,1-4H3,(H,23,26);5-6,11,13,22H,7-10,12H2,1-4H3. The Balaban J connectivity index is 0.000000199. The van der Waals surface area contributed by atoms with Crippen LogP contribution in [0.3, 0.4) is 0 Å². The fraction of sp³-hybridized carbons (Fsp3) is 0.615. The lowest BCUT2D eigenvalue weighted by Gasteiger charge is -2.30. The number of imidazole rings is 2. The van der Waals surface area contributed by atoms with Crippen LogP contribution in [0.25, 0.3) is 22.1 Å². The molecule has 0 bridgehead atoms. The maximum absolute atomic E-state index is 13.5. The smallest absolute Gasteiger partial charge is 0.411 e. The number of halogens is 4. The maximum Gasteiger partial charge on any atom is 0.411 e. The number of methoxy groups -OCH3 is 1. The highest BCUT2D eigenvalue weighted by Crippen LogP contribution is 2.40. The number of hydrogen-bond acceptors (Lipinski definition) is 5. The Morgan fingerprint density at radius 2 is 1.14 bits per heavy atom. The van der Waals surface area contributed by atoms with Crippen LogP contribution in [-0.4, -0.2) is 51.2 Å². The van der Waals surface area contributed by atoms with Gasteiger partial charge in [-0.15, -0.1) is 0 Å². The first kappa shape index (κ1) is 38.4. The topological polar surface area (TPSA) is 86.0 Å². The van der Waals surface area contributed by atoms with Gasteiger partial charge in [-0.05, 0) is 73.9 Å². The Labute approximate surface area is 298 Å². The second-order valence-electron chi connectivity index (χ2n) is 16.5. The molecule has 0 unspecified atom stereocenters. The largest absolute Gasteiger partial charge is 0.453 e. The monoisotopic (exact) mass is 714 g/mol. The van der Waals surface area contributed by atoms with Gasteiger partial charge in [0, 0.05) is 68.0 Å². The van der Waals surface area contributed by atoms with E-state index in [2.05, 4.69) is 78.2 Å². The first-order chi connectivity index (χ1) is 23.8. The van der Waals surface area contributed by atoms with E-state index >= 15 is 0 Å². The van der Waals surface area contributed by atoms with E-state index in [-0.39, 0.29) is 42.4 Å². The Bertz CT molecular complexity index is 1810. The minimum absolute atomic E-state index is 0.0129. The second kappa shape index (κ2) is 14.7. The van der Waals surface area contributed by atoms with Crippen LogP contribution in [0.1, 0.15) is 105 Å². The Morgan fingerprint density at radius 1 is 0.745 bits per heavy atom. The number of carbonyl (C=O) groups excluding carboxylic acids is 1. The van der Waals surface area contributed by atoms with Crippen molar-refractivity contribution in [3.8, 4) is 0 Å². The summed E-state index contributed by atoms with van der Waals surface area (Å²) >= 11 is 0. The summed E-state index contributed by atoms with van der Waals surface area (Å²) in [5.41, 5.74) is 5.15. The van der Waals surface area contributed by atoms with Gasteiger partial charge in [-0.25, -0.2) is 32.3 Å². The Morgan fingerprint density at radius 3 is 1.51 bits per heavy atom. The maximum atomic E-state index is 13.5. The fourth-order valence-electron chi connectivity index (χ4n) is 7.26. The number of fused-ring (bicyclic) bond motifs is 2. The number of carbonyl (C=O) groups is 1. The molecule has 12 heteroatoms. The molecule has 0 spiro atoms. The molecule has 0 saturated heterocycles. The van der Waals surface area contributed by atoms with E-state index in [4.69, 9.17) is 9.97 Å². The van der Waals surface area contributed by atoms with Gasteiger partial charge in [0.25, 0.3) is 0 Å². The number of benzene rings is 2. The third-order valence-corrected chi connectivity index (χ3v) is 10.1. The van der Waals surface area contributed by atoms with Gasteiger partial charge in [0.2, 0.25) is 11.8 Å². The first-order valence-corrected chi connectivity index (χ1v) is 18.1. The molecule has 51 heavy (non-hydrogen) atoms. The van der Waals surface area contributed by atoms with E-state index in [0.717, 1.165) is 45.9 Å². The third-order valence-electron chi connectivity index (χ3n) is 10.1. The van der Waals surface area contributed by atoms with Crippen molar-refractivity contribution in [2.45, 2.75) is 129 Å². The number of ether oxygens (including phenoxy) is 1. The van der Waals surface area contributed by atoms with Crippen molar-refractivity contribution in [1.29, 1.82) is 0 Å². The lowest BCUT2D eigenvalue weighted by molar-refractivity contribution is -0.0478. The van der Waals surface area contributed by atoms with Crippen LogP contribution < -0.4 is 10.6 Å². The van der Waals surface area contributed by atoms with E-state index in [0.29, 0.717) is 43.8 Å². The van der Waals surface area contributed by atoms with Crippen LogP contribution in [0.5, 0.6) is 0 Å². The van der Waals surface area contributed by atoms with Crippen molar-refractivity contribution in [3.63, 3.8) is 0 Å². The molecule has 4 aromatic rings. The van der Waals surface area contributed by atoms with Gasteiger partial charge in [0.15, 0.2) is 0 Å². The van der Waals surface area contributed by atoms with Crippen LogP contribution in [0.15, 0.2) is 36.4 Å². The molecule has 2 saturated carbocycles. The van der Waals surface area contributed by atoms with Crippen LogP contribution in [-0.2, 0) is 28.7 Å². The van der Waals surface area contributed by atoms with Crippen LogP contribution in [0.4, 0.5) is 33.7 Å². The summed E-state index contributed by atoms with van der Waals surface area (Å²) in [6.45, 7) is 14.2. The summed E-state index contributed by atoms with van der Waals surface area (Å²) < 4.78 is 62.9. The zero-order chi connectivity index (χ0) is 37.4. The molecular formula is C39H54F4N6O2. The zero-order valence-electron chi connectivity index (χ0n) is 31.3. The quantitative estimate of drug-likeness (QED) is 0.194. The van der Waals surface area contributed by atoms with E-state index in [1.54, 1.807) is 6.07 Å². The fourth-order valence-corrected chi connectivity index (χ4v) is 7.26. The highest BCUT2D eigenvalue weighted by atomic mass is 19.3. The van der Waals surface area contributed by atoms with Gasteiger partial charge in [-0.1, -0.05) is 41.5 Å². The van der Waals surface area contributed by atoms with Gasteiger partial charge in [0.1, 0.15) is 11.6 Å². The Hall–Kier alpha value is -3.83. The highest BCUT2D eigenvalue weighted by molar-refractivity contribution is 5.89. The third kappa shape index (κ3) is 9.35. The number of nitrogens with one attached hydrogen (secondary N) is 2. The summed E-state index contributed by atoms with van der Waals surface area (Å²) in [7, 11) is 3.21. The summed E-state index contributed by atoms with van der Waals surface area (Å²) in [6, 6.07) is 11.7. The van der Waals surface area contributed by atoms with Crippen molar-refractivity contribution in [3.05, 3.63) is 48.0 Å². The Kier molecular flexibility index (Phi) is 11.0. The van der Waals surface area contributed by atoms with Gasteiger partial charge in [0.05, 0.1) is 29.2 Å². The molecular weight excluding hydrogens is 660 g/mol. The minimum Gasteiger partial charge on any atom is -0.453 e. The van der Waals surface area contributed by atoms with Gasteiger partial charge >= 0.3 is 6.09 Å². The van der Waals surface area contributed by atoms with Crippen molar-refractivity contribution < 1.29 is 27.1 Å². The molecule has 6 rings (SSSR count). The molecule has 280 valence electrons. The molecule has 2 fully saturated rings. The molecule has 2 heterocycles. The van der Waals surface area contributed by atoms with Gasteiger partial charge in [-0.2, -0.15) is 0 Å². The SMILES string of the molecule is CNc1ccc2c(c1)nc(C(C)(C)C)n2CC1CCC(F)(F)CC1.COC(=O)Nc1ccc2c(c1)nc(C(C)(C)C)n2CC1CCC(F)(F)CC1. The van der Waals surface area contributed by atoms with E-state index in [9.17, 15) is 22.4 Å². The normalized spacial score (nSPS) is 18.4. The molecule has 2 N–H and O–H groups in total. The lowest BCUT2D eigenvalue weighted by atomic mass is 9.86. The van der Waals surface area contributed by atoms with Crippen molar-refractivity contribution in [2.75, 3.05) is 24.8 Å². The molecule has 8 nitrogen and oxygen atoms in total. The van der Waals surface area contributed by atoms with E-state index in [1.807, 2.05) is 25.2 Å². The molecule has 0 radical (unpaired) electrons. The van der Waals surface area contributed by atoms with Crippen LogP contribution in [0.2, 0.25) is 0 Å². The van der Waals surface area contributed by atoms with Gasteiger partial charge < -0.3 is 19.2 Å². The van der Waals surface area contributed by atoms with Crippen molar-refractivity contribution in [2.24, 2.45) is 11.8 Å². The van der Waals surface area contributed by atoms with E-state index in [1.165, 1.54) is 7.11 Å². The summed E-state index contributed by atoms with van der Waals surface area (Å²) in [6.07, 6.45) is 1.64. The zero-order valence-corrected chi connectivity index (χ0v) is 31.3. The number of anilines is 2. The summed E-state index contributed by atoms with van der Waals surface area (Å²) in [5, 5.41) is 5.79. The lowest BCUT2D eigenvalue weighted by Crippen LogP contribution is -2.28. The van der Waals surface area contributed by atoms with Gasteiger partial charge in [-0.3, -0.25) is 5.32 Å². The number of aromatic nitrogens is 4. The molecule has 2 aliphatic rings. The molecule has 2 aliphatic carbocycles. The predicted octanol–water partition coefficient (Wildman–Crippen LogP) is 10.5. The average molecular weight is 715 g/mol. The number of rotatable bonds is 6. The molecule has 2 aromatic carbocycles. The number of alkyl halides is 4. The van der Waals surface area contributed by atoms with Crippen molar-refractivity contribution >= 4 is 39.5 Å². The molecule has 1 amide bonds. The minimum atomic E-state index is -2.52. The first-order valence-electron chi connectivity index (χ1n) is 18.1. The molecule has 2 aromatic heterocycles. The van der Waals surface area contributed by atoms with Crippen LogP contribution in [0, 0.1) is 11.8 Å². The van der Waals surface area contributed by atoms with Crippen LogP contribution >= 0.6 is 0 Å². The number of amides is 1. The summed E-state index contributed by atoms with van der Waals surface area (Å²) in [4.78, 5) is 21.1. The molecule has 0 aliphatic heterocycles. The highest BCUT2D eigenvalue weighted by Gasteiger charge is 2.37. The second-order valence-corrected chi connectivity index (χ2v) is 16.5. The average Bonchev–Trinajstić information content (AvgIpc) is 3.61. The predicted molar refractivity (Wildman–Crippen MR) is 196 cm³/mol. The molecule has 0 atom stereocenters. The summed E-state index contributed by atoms with van der Waals surface area (Å²) in [5.74, 6) is -2.52. The number of nitrogens with zero attached hydrogens (tertiary/aromatic N) is 4. The van der Waals surface area contributed by atoms with E-state index < -0.39 is 17.9 Å². The van der Waals surface area contributed by atoms with Crippen molar-refractivity contribution in [1.82, 2.24) is 19.1 Å².